The summed E-state index contributed by atoms with van der Waals surface area (Å²) in [5, 5.41) is 0. The molecule has 13 nitrogen and oxygen atoms in total. The second kappa shape index (κ2) is 11.5. The van der Waals surface area contributed by atoms with E-state index in [2.05, 4.69) is 4.74 Å². The predicted molar refractivity (Wildman–Crippen MR) is 134 cm³/mol. The van der Waals surface area contributed by atoms with Crippen molar-refractivity contribution in [1.29, 1.82) is 0 Å². The molecule has 1 aliphatic carbocycles. The molecular formula is C26H28N4O9. The number of nitrogen functional groups attached to an aromatic ring is 1. The Kier molecular flexibility index (Phi) is 8.07. The Balaban J connectivity index is 1.55. The van der Waals surface area contributed by atoms with Crippen LogP contribution >= 0.6 is 0 Å². The summed E-state index contributed by atoms with van der Waals surface area (Å²) < 4.78 is 11.0. The molecule has 0 unspecified atom stereocenters. The van der Waals surface area contributed by atoms with Gasteiger partial charge in [0, 0.05) is 0 Å². The van der Waals surface area contributed by atoms with Crippen LogP contribution in [-0.2, 0) is 41.7 Å². The van der Waals surface area contributed by atoms with Crippen molar-refractivity contribution in [2.24, 2.45) is 11.8 Å². The molecule has 1 saturated carbocycles. The number of rotatable bonds is 9. The van der Waals surface area contributed by atoms with Gasteiger partial charge >= 0.3 is 17.6 Å². The van der Waals surface area contributed by atoms with Crippen LogP contribution in [0.15, 0.2) is 39.9 Å². The number of fused-ring (bicyclic) bond motifs is 1. The first kappa shape index (κ1) is 27.5. The van der Waals surface area contributed by atoms with Crippen molar-refractivity contribution in [3.8, 4) is 0 Å². The molecule has 0 spiro atoms. The van der Waals surface area contributed by atoms with E-state index in [1.807, 2.05) is 0 Å². The number of carbonyl (C=O) groups is 5. The molecular weight excluding hydrogens is 512 g/mol. The van der Waals surface area contributed by atoms with Crippen molar-refractivity contribution in [2.45, 2.75) is 38.8 Å². The molecule has 2 heterocycles. The molecule has 1 aliphatic heterocycles. The molecule has 0 bridgehead atoms. The first-order valence-electron chi connectivity index (χ1n) is 12.4. The molecule has 39 heavy (non-hydrogen) atoms. The molecule has 1 saturated heterocycles. The summed E-state index contributed by atoms with van der Waals surface area (Å²) >= 11 is 0. The van der Waals surface area contributed by atoms with Crippen LogP contribution in [0.1, 0.15) is 41.6 Å². The van der Waals surface area contributed by atoms with Gasteiger partial charge in [0.2, 0.25) is 17.6 Å². The number of ketones is 1. The number of anilines is 1. The average Bonchev–Trinajstić information content (AvgIpc) is 3.17. The fourth-order valence-corrected chi connectivity index (χ4v) is 5.01. The highest BCUT2D eigenvalue weighted by atomic mass is 16.5. The largest absolute Gasteiger partial charge is 0.468 e. The van der Waals surface area contributed by atoms with Gasteiger partial charge in [-0.1, -0.05) is 43.2 Å². The van der Waals surface area contributed by atoms with Crippen molar-refractivity contribution in [3.63, 3.8) is 0 Å². The van der Waals surface area contributed by atoms with Gasteiger partial charge in [-0.15, -0.1) is 0 Å². The standard InChI is InChI=1S/C26H28N4O9/c1-38-19(32)12-30-25(36)21(22(27)28(26(30)37)11-15-7-3-2-4-8-15)18(31)14-39-20(33)13-29-23(34)16-9-5-6-10-17(16)24(29)35/h2-4,7-8,16-17H,5-6,9-14,27H2,1H3/t16-,17+. The zero-order valence-electron chi connectivity index (χ0n) is 21.3. The van der Waals surface area contributed by atoms with E-state index >= 15 is 0 Å². The summed E-state index contributed by atoms with van der Waals surface area (Å²) in [7, 11) is 1.07. The number of hydrogen-bond donors (Lipinski definition) is 1. The number of likely N-dealkylation sites (tertiary alicyclic amines) is 1. The van der Waals surface area contributed by atoms with Gasteiger partial charge in [0.15, 0.2) is 6.61 Å². The van der Waals surface area contributed by atoms with E-state index < -0.39 is 83.7 Å². The van der Waals surface area contributed by atoms with Crippen molar-refractivity contribution >= 4 is 35.4 Å². The molecule has 4 rings (SSSR count). The number of nitrogens with zero attached hydrogens (tertiary/aromatic N) is 3. The van der Waals surface area contributed by atoms with E-state index in [4.69, 9.17) is 10.5 Å². The molecule has 2 amide bonds. The number of hydrogen-bond acceptors (Lipinski definition) is 10. The van der Waals surface area contributed by atoms with Gasteiger partial charge in [-0.2, -0.15) is 0 Å². The molecule has 2 N–H and O–H groups in total. The van der Waals surface area contributed by atoms with Crippen LogP contribution in [0.4, 0.5) is 5.82 Å². The lowest BCUT2D eigenvalue weighted by Crippen LogP contribution is -2.46. The predicted octanol–water partition coefficient (Wildman–Crippen LogP) is -0.285. The van der Waals surface area contributed by atoms with Gasteiger partial charge < -0.3 is 15.2 Å². The molecule has 1 aromatic heterocycles. The van der Waals surface area contributed by atoms with E-state index in [0.717, 1.165) is 29.4 Å². The van der Waals surface area contributed by atoms with Crippen molar-refractivity contribution in [1.82, 2.24) is 14.0 Å². The maximum absolute atomic E-state index is 13.1. The van der Waals surface area contributed by atoms with Crippen LogP contribution in [0, 0.1) is 11.8 Å². The minimum atomic E-state index is -1.15. The Morgan fingerprint density at radius 3 is 2.10 bits per heavy atom. The summed E-state index contributed by atoms with van der Waals surface area (Å²) in [5.74, 6) is -5.18. The summed E-state index contributed by atoms with van der Waals surface area (Å²) in [5.41, 5.74) is 3.97. The Labute approximate surface area is 222 Å². The smallest absolute Gasteiger partial charge is 0.333 e. The number of Topliss-reactive ketones (excluding diaryl/α,β-unsaturated/α-hetero) is 1. The molecule has 1 aromatic carbocycles. The fourth-order valence-electron chi connectivity index (χ4n) is 5.01. The third-order valence-electron chi connectivity index (χ3n) is 7.03. The lowest BCUT2D eigenvalue weighted by atomic mass is 9.81. The fraction of sp³-hybridized carbons (Fsp3) is 0.423. The molecule has 206 valence electrons. The van der Waals surface area contributed by atoms with E-state index in [9.17, 15) is 33.6 Å². The molecule has 2 fully saturated rings. The van der Waals surface area contributed by atoms with Gasteiger partial charge in [0.1, 0.15) is 24.5 Å². The highest BCUT2D eigenvalue weighted by Gasteiger charge is 2.48. The lowest BCUT2D eigenvalue weighted by Gasteiger charge is -2.19. The first-order valence-corrected chi connectivity index (χ1v) is 12.4. The zero-order valence-corrected chi connectivity index (χ0v) is 21.3. The summed E-state index contributed by atoms with van der Waals surface area (Å²) in [4.78, 5) is 89.5. The Hall–Kier alpha value is -4.55. The number of ether oxygens (including phenoxy) is 2. The minimum absolute atomic E-state index is 0.117. The second-order valence-corrected chi connectivity index (χ2v) is 9.43. The van der Waals surface area contributed by atoms with E-state index in [-0.39, 0.29) is 6.54 Å². The topological polar surface area (TPSA) is 177 Å². The molecule has 13 heteroatoms. The second-order valence-electron chi connectivity index (χ2n) is 9.43. The van der Waals surface area contributed by atoms with Crippen LogP contribution < -0.4 is 17.0 Å². The number of aromatic nitrogens is 2. The van der Waals surface area contributed by atoms with Crippen LogP contribution in [0.5, 0.6) is 0 Å². The van der Waals surface area contributed by atoms with Crippen LogP contribution in [0.2, 0.25) is 0 Å². The third-order valence-corrected chi connectivity index (χ3v) is 7.03. The molecule has 0 radical (unpaired) electrons. The quantitative estimate of drug-likeness (QED) is 0.253. The zero-order chi connectivity index (χ0) is 28.3. The summed E-state index contributed by atoms with van der Waals surface area (Å²) in [6.45, 7) is -2.49. The first-order chi connectivity index (χ1) is 18.6. The number of benzene rings is 1. The van der Waals surface area contributed by atoms with Crippen molar-refractivity contribution in [3.05, 3.63) is 62.3 Å². The number of nitrogens with two attached hydrogens (primary N) is 1. The van der Waals surface area contributed by atoms with Gasteiger partial charge in [0.05, 0.1) is 25.5 Å². The SMILES string of the molecule is COC(=O)Cn1c(=O)c(C(=O)COC(=O)CN2C(=O)[C@H]3CCCC[C@H]3C2=O)c(N)n(Cc2ccccc2)c1=O. The van der Waals surface area contributed by atoms with Gasteiger partial charge in [-0.05, 0) is 18.4 Å². The number of imide groups is 1. The third kappa shape index (κ3) is 5.52. The van der Waals surface area contributed by atoms with E-state index in [0.29, 0.717) is 23.0 Å². The highest BCUT2D eigenvalue weighted by Crippen LogP contribution is 2.37. The molecule has 2 aliphatic rings. The van der Waals surface area contributed by atoms with Crippen LogP contribution in [-0.4, -0.2) is 63.8 Å². The monoisotopic (exact) mass is 540 g/mol. The number of esters is 2. The maximum atomic E-state index is 13.1. The van der Waals surface area contributed by atoms with Crippen LogP contribution in [0.25, 0.3) is 0 Å². The Bertz CT molecular complexity index is 1420. The normalized spacial score (nSPS) is 18.5. The highest BCUT2D eigenvalue weighted by molar-refractivity contribution is 6.07. The maximum Gasteiger partial charge on any atom is 0.333 e. The Morgan fingerprint density at radius 2 is 1.51 bits per heavy atom. The number of methoxy groups -OCH3 is 1. The van der Waals surface area contributed by atoms with Gasteiger partial charge in [-0.3, -0.25) is 38.2 Å². The van der Waals surface area contributed by atoms with E-state index in [1.165, 1.54) is 0 Å². The Morgan fingerprint density at radius 1 is 0.897 bits per heavy atom. The minimum Gasteiger partial charge on any atom is -0.468 e. The van der Waals surface area contributed by atoms with Crippen molar-refractivity contribution in [2.75, 3.05) is 26.0 Å². The lowest BCUT2D eigenvalue weighted by molar-refractivity contribution is -0.152. The molecule has 2 atom stereocenters. The van der Waals surface area contributed by atoms with Gasteiger partial charge in [-0.25, -0.2) is 9.36 Å². The number of amides is 2. The van der Waals surface area contributed by atoms with Gasteiger partial charge in [0.25, 0.3) is 5.56 Å². The van der Waals surface area contributed by atoms with Crippen molar-refractivity contribution < 1.29 is 33.4 Å². The average molecular weight is 541 g/mol. The van der Waals surface area contributed by atoms with Crippen LogP contribution in [0.3, 0.4) is 0 Å². The summed E-state index contributed by atoms with van der Waals surface area (Å²) in [6, 6.07) is 8.59. The number of carbonyl (C=O) groups excluding carboxylic acids is 5. The molecule has 2 aromatic rings. The summed E-state index contributed by atoms with van der Waals surface area (Å²) in [6.07, 6.45) is 2.81. The van der Waals surface area contributed by atoms with E-state index in [1.54, 1.807) is 30.3 Å².